The second kappa shape index (κ2) is 8.19. The molecule has 0 aromatic heterocycles. The molecule has 0 spiro atoms. The van der Waals surface area contributed by atoms with E-state index in [2.05, 4.69) is 0 Å². The van der Waals surface area contributed by atoms with Crippen LogP contribution in [0.4, 0.5) is 5.69 Å². The van der Waals surface area contributed by atoms with Crippen LogP contribution >= 0.6 is 0 Å². The summed E-state index contributed by atoms with van der Waals surface area (Å²) in [7, 11) is 3.86. The van der Waals surface area contributed by atoms with Gasteiger partial charge in [-0.3, -0.25) is 0 Å². The first-order valence-corrected chi connectivity index (χ1v) is 8.42. The molecule has 0 fully saturated rings. The lowest BCUT2D eigenvalue weighted by Crippen LogP contribution is -2.14. The van der Waals surface area contributed by atoms with Gasteiger partial charge in [-0.05, 0) is 29.8 Å². The Bertz CT molecular complexity index is 951. The number of para-hydroxylation sites is 1. The van der Waals surface area contributed by atoms with Crippen molar-refractivity contribution in [1.29, 1.82) is 0 Å². The van der Waals surface area contributed by atoms with Crippen molar-refractivity contribution in [3.05, 3.63) is 90.0 Å². The molecule has 136 valence electrons. The molecule has 3 aromatic rings. The van der Waals surface area contributed by atoms with Gasteiger partial charge in [-0.25, -0.2) is 19.4 Å². The van der Waals surface area contributed by atoms with Gasteiger partial charge < -0.3 is 4.90 Å². The van der Waals surface area contributed by atoms with Crippen molar-refractivity contribution in [2.75, 3.05) is 19.0 Å². The van der Waals surface area contributed by atoms with Gasteiger partial charge in [0.15, 0.2) is 0 Å². The standard InChI is InChI=1S/C22H19NO4/c1-23(2)20-15-9-8-13-18(20)17-12-6-7-14-19(17)22(25)27-26-21(24)16-10-4-3-5-11-16/h3-15H,1-2H3. The monoisotopic (exact) mass is 361 g/mol. The Morgan fingerprint density at radius 2 is 1.22 bits per heavy atom. The molecule has 0 radical (unpaired) electrons. The summed E-state index contributed by atoms with van der Waals surface area (Å²) >= 11 is 0. The summed E-state index contributed by atoms with van der Waals surface area (Å²) in [4.78, 5) is 36.0. The maximum absolute atomic E-state index is 12.5. The number of carbonyl (C=O) groups is 2. The number of hydrogen-bond donors (Lipinski definition) is 0. The van der Waals surface area contributed by atoms with Gasteiger partial charge in [0.25, 0.3) is 0 Å². The molecule has 0 saturated carbocycles. The molecular formula is C22H19NO4. The van der Waals surface area contributed by atoms with Gasteiger partial charge >= 0.3 is 11.9 Å². The van der Waals surface area contributed by atoms with Crippen LogP contribution in [0.1, 0.15) is 20.7 Å². The molecule has 0 aliphatic carbocycles. The fraction of sp³-hybridized carbons (Fsp3) is 0.0909. The highest BCUT2D eigenvalue weighted by Crippen LogP contribution is 2.32. The van der Waals surface area contributed by atoms with Crippen molar-refractivity contribution in [2.45, 2.75) is 0 Å². The lowest BCUT2D eigenvalue weighted by Gasteiger charge is -2.18. The molecule has 0 heterocycles. The first kappa shape index (κ1) is 18.2. The van der Waals surface area contributed by atoms with Crippen LogP contribution in [0, 0.1) is 0 Å². The Balaban J connectivity index is 1.84. The van der Waals surface area contributed by atoms with Gasteiger partial charge in [0, 0.05) is 25.3 Å². The number of carbonyl (C=O) groups excluding carboxylic acids is 2. The Morgan fingerprint density at radius 1 is 0.667 bits per heavy atom. The maximum Gasteiger partial charge on any atom is 0.386 e. The zero-order chi connectivity index (χ0) is 19.2. The SMILES string of the molecule is CN(C)c1ccccc1-c1ccccc1C(=O)OOC(=O)c1ccccc1. The average molecular weight is 361 g/mol. The number of benzene rings is 3. The highest BCUT2D eigenvalue weighted by Gasteiger charge is 2.19. The van der Waals surface area contributed by atoms with E-state index in [-0.39, 0.29) is 0 Å². The molecule has 0 aliphatic rings. The molecule has 0 amide bonds. The van der Waals surface area contributed by atoms with Crippen LogP contribution in [-0.2, 0) is 9.78 Å². The molecule has 5 nitrogen and oxygen atoms in total. The van der Waals surface area contributed by atoms with Gasteiger partial charge in [-0.2, -0.15) is 0 Å². The van der Waals surface area contributed by atoms with Crippen LogP contribution in [-0.4, -0.2) is 26.0 Å². The minimum Gasteiger partial charge on any atom is -0.377 e. The Labute approximate surface area is 157 Å². The number of rotatable bonds is 4. The van der Waals surface area contributed by atoms with Crippen LogP contribution in [0.5, 0.6) is 0 Å². The number of anilines is 1. The van der Waals surface area contributed by atoms with Crippen LogP contribution in [0.3, 0.4) is 0 Å². The fourth-order valence-electron chi connectivity index (χ4n) is 2.73. The highest BCUT2D eigenvalue weighted by atomic mass is 17.2. The van der Waals surface area contributed by atoms with Crippen molar-refractivity contribution >= 4 is 17.6 Å². The van der Waals surface area contributed by atoms with E-state index in [4.69, 9.17) is 9.78 Å². The zero-order valence-corrected chi connectivity index (χ0v) is 15.1. The molecule has 3 aromatic carbocycles. The van der Waals surface area contributed by atoms with Gasteiger partial charge in [0.05, 0.1) is 11.1 Å². The van der Waals surface area contributed by atoms with E-state index < -0.39 is 11.9 Å². The van der Waals surface area contributed by atoms with E-state index in [1.54, 1.807) is 42.5 Å². The summed E-state index contributed by atoms with van der Waals surface area (Å²) in [5.74, 6) is -1.46. The highest BCUT2D eigenvalue weighted by molar-refractivity contribution is 5.99. The normalized spacial score (nSPS) is 10.1. The summed E-state index contributed by atoms with van der Waals surface area (Å²) in [6, 6.07) is 23.1. The van der Waals surface area contributed by atoms with Crippen LogP contribution < -0.4 is 4.90 Å². The molecule has 0 saturated heterocycles. The number of hydrogen-bond acceptors (Lipinski definition) is 5. The minimum atomic E-state index is -0.733. The third kappa shape index (κ3) is 4.15. The zero-order valence-electron chi connectivity index (χ0n) is 15.1. The topological polar surface area (TPSA) is 55.8 Å². The molecule has 27 heavy (non-hydrogen) atoms. The third-order valence-corrected chi connectivity index (χ3v) is 4.03. The summed E-state index contributed by atoms with van der Waals surface area (Å²) in [5, 5.41) is 0. The van der Waals surface area contributed by atoms with Crippen LogP contribution in [0.25, 0.3) is 11.1 Å². The molecule has 0 bridgehead atoms. The number of nitrogens with zero attached hydrogens (tertiary/aromatic N) is 1. The molecular weight excluding hydrogens is 342 g/mol. The largest absolute Gasteiger partial charge is 0.386 e. The van der Waals surface area contributed by atoms with E-state index >= 15 is 0 Å². The predicted octanol–water partition coefficient (Wildman–Crippen LogP) is 4.35. The fourth-order valence-corrected chi connectivity index (χ4v) is 2.73. The van der Waals surface area contributed by atoms with Gasteiger partial charge in [0.1, 0.15) is 0 Å². The molecule has 0 unspecified atom stereocenters. The van der Waals surface area contributed by atoms with Crippen molar-refractivity contribution in [3.63, 3.8) is 0 Å². The lowest BCUT2D eigenvalue weighted by atomic mass is 9.98. The summed E-state index contributed by atoms with van der Waals surface area (Å²) < 4.78 is 0. The van der Waals surface area contributed by atoms with Crippen LogP contribution in [0.2, 0.25) is 0 Å². The van der Waals surface area contributed by atoms with Crippen LogP contribution in [0.15, 0.2) is 78.9 Å². The maximum atomic E-state index is 12.5. The van der Waals surface area contributed by atoms with Gasteiger partial charge in [-0.1, -0.05) is 54.6 Å². The lowest BCUT2D eigenvalue weighted by molar-refractivity contribution is -0.187. The molecule has 0 atom stereocenters. The van der Waals surface area contributed by atoms with Gasteiger partial charge in [-0.15, -0.1) is 0 Å². The van der Waals surface area contributed by atoms with E-state index in [0.717, 1.165) is 11.3 Å². The van der Waals surface area contributed by atoms with Crippen molar-refractivity contribution in [2.24, 2.45) is 0 Å². The van der Waals surface area contributed by atoms with Crippen molar-refractivity contribution in [3.8, 4) is 11.1 Å². The van der Waals surface area contributed by atoms with E-state index in [1.165, 1.54) is 0 Å². The quantitative estimate of drug-likeness (QED) is 0.511. The Hall–Kier alpha value is -3.60. The second-order valence-electron chi connectivity index (χ2n) is 6.06. The first-order valence-electron chi connectivity index (χ1n) is 8.42. The average Bonchev–Trinajstić information content (AvgIpc) is 2.72. The Morgan fingerprint density at radius 3 is 1.93 bits per heavy atom. The smallest absolute Gasteiger partial charge is 0.377 e. The second-order valence-corrected chi connectivity index (χ2v) is 6.06. The van der Waals surface area contributed by atoms with Gasteiger partial charge in [0.2, 0.25) is 0 Å². The molecule has 0 N–H and O–H groups in total. The molecule has 0 aliphatic heterocycles. The first-order chi connectivity index (χ1) is 13.1. The van der Waals surface area contributed by atoms with E-state index in [9.17, 15) is 9.59 Å². The molecule has 3 rings (SSSR count). The van der Waals surface area contributed by atoms with Crippen molar-refractivity contribution < 1.29 is 19.4 Å². The van der Waals surface area contributed by atoms with E-state index in [1.807, 2.05) is 55.4 Å². The van der Waals surface area contributed by atoms with E-state index in [0.29, 0.717) is 16.7 Å². The summed E-state index contributed by atoms with van der Waals surface area (Å²) in [6.07, 6.45) is 0. The summed E-state index contributed by atoms with van der Waals surface area (Å²) in [6.45, 7) is 0. The third-order valence-electron chi connectivity index (χ3n) is 4.03. The summed E-state index contributed by atoms with van der Waals surface area (Å²) in [5.41, 5.74) is 3.15. The molecule has 5 heteroatoms. The predicted molar refractivity (Wildman–Crippen MR) is 103 cm³/mol. The Kier molecular flexibility index (Phi) is 5.52. The minimum absolute atomic E-state index is 0.302. The van der Waals surface area contributed by atoms with Crippen molar-refractivity contribution in [1.82, 2.24) is 0 Å².